The molecular weight excluding hydrogens is 284 g/mol. The van der Waals surface area contributed by atoms with Crippen molar-refractivity contribution >= 4 is 5.91 Å². The smallest absolute Gasteiger partial charge is 0.251 e. The van der Waals surface area contributed by atoms with Crippen molar-refractivity contribution in [2.45, 2.75) is 25.3 Å². The molecule has 1 aliphatic heterocycles. The highest BCUT2D eigenvalue weighted by Gasteiger charge is 2.22. The summed E-state index contributed by atoms with van der Waals surface area (Å²) < 4.78 is 0. The first-order chi connectivity index (χ1) is 11.3. The molecule has 0 radical (unpaired) electrons. The number of hydrogen-bond acceptors (Lipinski definition) is 2. The largest absolute Gasteiger partial charge is 0.350 e. The zero-order valence-corrected chi connectivity index (χ0v) is 13.4. The van der Waals surface area contributed by atoms with E-state index in [1.165, 1.54) is 18.4 Å². The van der Waals surface area contributed by atoms with Crippen LogP contribution in [0.5, 0.6) is 0 Å². The van der Waals surface area contributed by atoms with Gasteiger partial charge in [-0.25, -0.2) is 0 Å². The molecule has 1 saturated heterocycles. The van der Waals surface area contributed by atoms with E-state index >= 15 is 0 Å². The summed E-state index contributed by atoms with van der Waals surface area (Å²) in [4.78, 5) is 14.8. The fourth-order valence-electron chi connectivity index (χ4n) is 3.23. The second kappa shape index (κ2) is 7.93. The van der Waals surface area contributed by atoms with Gasteiger partial charge in [0.05, 0.1) is 0 Å². The van der Waals surface area contributed by atoms with Crippen LogP contribution in [0.2, 0.25) is 0 Å². The number of carbonyl (C=O) groups is 1. The van der Waals surface area contributed by atoms with E-state index in [1.54, 1.807) is 0 Å². The fraction of sp³-hybridized carbons (Fsp3) is 0.350. The number of nitrogens with one attached hydrogen (secondary N) is 1. The Labute approximate surface area is 138 Å². The molecule has 2 aromatic rings. The van der Waals surface area contributed by atoms with Crippen LogP contribution in [0.25, 0.3) is 0 Å². The molecule has 1 atom stereocenters. The molecule has 23 heavy (non-hydrogen) atoms. The third kappa shape index (κ3) is 4.42. The zero-order chi connectivity index (χ0) is 15.9. The molecule has 1 aliphatic rings. The van der Waals surface area contributed by atoms with Crippen molar-refractivity contribution in [3.63, 3.8) is 0 Å². The second-order valence-electron chi connectivity index (χ2n) is 6.16. The van der Waals surface area contributed by atoms with Crippen LogP contribution in [0.3, 0.4) is 0 Å². The lowest BCUT2D eigenvalue weighted by Crippen LogP contribution is -2.44. The van der Waals surface area contributed by atoms with Crippen LogP contribution in [-0.2, 0) is 6.42 Å². The Kier molecular flexibility index (Phi) is 5.43. The number of benzene rings is 2. The van der Waals surface area contributed by atoms with E-state index in [-0.39, 0.29) is 5.91 Å². The standard InChI is InChI=1S/C20H24N2O/c23-20(18-11-5-2-6-12-18)21-16-19(22-13-7-8-14-22)15-17-9-3-1-4-10-17/h1-6,9-12,19H,7-8,13-16H2,(H,21,23). The van der Waals surface area contributed by atoms with Gasteiger partial charge in [-0.05, 0) is 50.0 Å². The average molecular weight is 308 g/mol. The predicted molar refractivity (Wildman–Crippen MR) is 93.5 cm³/mol. The highest BCUT2D eigenvalue weighted by Crippen LogP contribution is 2.15. The minimum atomic E-state index is 0.0165. The van der Waals surface area contributed by atoms with Crippen molar-refractivity contribution in [2.75, 3.05) is 19.6 Å². The highest BCUT2D eigenvalue weighted by atomic mass is 16.1. The predicted octanol–water partition coefficient (Wildman–Crippen LogP) is 3.12. The van der Waals surface area contributed by atoms with Gasteiger partial charge in [0.2, 0.25) is 0 Å². The van der Waals surface area contributed by atoms with Crippen LogP contribution in [-0.4, -0.2) is 36.5 Å². The van der Waals surface area contributed by atoms with Crippen LogP contribution in [0.4, 0.5) is 0 Å². The Balaban J connectivity index is 1.63. The summed E-state index contributed by atoms with van der Waals surface area (Å²) in [5.74, 6) is 0.0165. The molecule has 2 aromatic carbocycles. The molecule has 1 unspecified atom stereocenters. The minimum absolute atomic E-state index is 0.0165. The monoisotopic (exact) mass is 308 g/mol. The summed E-state index contributed by atoms with van der Waals surface area (Å²) >= 11 is 0. The van der Waals surface area contributed by atoms with Crippen LogP contribution in [0, 0.1) is 0 Å². The Morgan fingerprint density at radius 2 is 1.57 bits per heavy atom. The summed E-state index contributed by atoms with van der Waals surface area (Å²) in [7, 11) is 0. The van der Waals surface area contributed by atoms with Gasteiger partial charge in [0.1, 0.15) is 0 Å². The van der Waals surface area contributed by atoms with Crippen molar-refractivity contribution in [1.82, 2.24) is 10.2 Å². The quantitative estimate of drug-likeness (QED) is 0.889. The van der Waals surface area contributed by atoms with Gasteiger partial charge in [-0.3, -0.25) is 9.69 Å². The van der Waals surface area contributed by atoms with Crippen LogP contribution in [0.15, 0.2) is 60.7 Å². The van der Waals surface area contributed by atoms with Gasteiger partial charge in [-0.2, -0.15) is 0 Å². The third-order valence-corrected chi connectivity index (χ3v) is 4.51. The molecule has 0 aliphatic carbocycles. The molecule has 1 heterocycles. The van der Waals surface area contributed by atoms with Crippen molar-refractivity contribution < 1.29 is 4.79 Å². The molecule has 0 saturated carbocycles. The molecule has 0 bridgehead atoms. The summed E-state index contributed by atoms with van der Waals surface area (Å²) in [6, 6.07) is 20.4. The fourth-order valence-corrected chi connectivity index (χ4v) is 3.23. The maximum absolute atomic E-state index is 12.3. The molecule has 0 spiro atoms. The highest BCUT2D eigenvalue weighted by molar-refractivity contribution is 5.94. The van der Waals surface area contributed by atoms with E-state index in [2.05, 4.69) is 34.5 Å². The first-order valence-electron chi connectivity index (χ1n) is 8.44. The number of hydrogen-bond donors (Lipinski definition) is 1. The van der Waals surface area contributed by atoms with E-state index in [0.717, 1.165) is 25.1 Å². The first-order valence-corrected chi connectivity index (χ1v) is 8.44. The van der Waals surface area contributed by atoms with E-state index in [4.69, 9.17) is 0 Å². The molecule has 3 nitrogen and oxygen atoms in total. The van der Waals surface area contributed by atoms with Crippen LogP contribution < -0.4 is 5.32 Å². The van der Waals surface area contributed by atoms with Gasteiger partial charge < -0.3 is 5.32 Å². The lowest BCUT2D eigenvalue weighted by Gasteiger charge is -2.28. The van der Waals surface area contributed by atoms with Crippen molar-refractivity contribution in [2.24, 2.45) is 0 Å². The number of carbonyl (C=O) groups excluding carboxylic acids is 1. The van der Waals surface area contributed by atoms with Crippen molar-refractivity contribution in [1.29, 1.82) is 0 Å². The normalized spacial score (nSPS) is 16.2. The molecule has 1 N–H and O–H groups in total. The summed E-state index contributed by atoms with van der Waals surface area (Å²) in [5, 5.41) is 3.12. The molecule has 0 aromatic heterocycles. The lowest BCUT2D eigenvalue weighted by molar-refractivity contribution is 0.0937. The Morgan fingerprint density at radius 3 is 2.22 bits per heavy atom. The van der Waals surface area contributed by atoms with Crippen LogP contribution in [0.1, 0.15) is 28.8 Å². The maximum Gasteiger partial charge on any atom is 0.251 e. The third-order valence-electron chi connectivity index (χ3n) is 4.51. The molecule has 3 rings (SSSR count). The number of rotatable bonds is 6. The van der Waals surface area contributed by atoms with Gasteiger partial charge in [0, 0.05) is 18.2 Å². The van der Waals surface area contributed by atoms with Crippen LogP contribution >= 0.6 is 0 Å². The maximum atomic E-state index is 12.3. The Hall–Kier alpha value is -2.13. The molecule has 1 amide bonds. The van der Waals surface area contributed by atoms with E-state index in [9.17, 15) is 4.79 Å². The van der Waals surface area contributed by atoms with Gasteiger partial charge in [-0.1, -0.05) is 48.5 Å². The lowest BCUT2D eigenvalue weighted by atomic mass is 10.0. The molecule has 3 heteroatoms. The molecule has 120 valence electrons. The van der Waals surface area contributed by atoms with Gasteiger partial charge in [0.15, 0.2) is 0 Å². The number of nitrogens with zero attached hydrogens (tertiary/aromatic N) is 1. The van der Waals surface area contributed by atoms with Crippen molar-refractivity contribution in [3.8, 4) is 0 Å². The number of amides is 1. The van der Waals surface area contributed by atoms with E-state index in [0.29, 0.717) is 12.6 Å². The zero-order valence-electron chi connectivity index (χ0n) is 13.4. The average Bonchev–Trinajstić information content (AvgIpc) is 3.14. The Bertz CT molecular complexity index is 606. The summed E-state index contributed by atoms with van der Waals surface area (Å²) in [6.07, 6.45) is 3.51. The SMILES string of the molecule is O=C(NCC(Cc1ccccc1)N1CCCC1)c1ccccc1. The topological polar surface area (TPSA) is 32.3 Å². The van der Waals surface area contributed by atoms with E-state index in [1.807, 2.05) is 36.4 Å². The summed E-state index contributed by atoms with van der Waals surface area (Å²) in [6.45, 7) is 2.97. The van der Waals surface area contributed by atoms with Gasteiger partial charge in [-0.15, -0.1) is 0 Å². The summed E-state index contributed by atoms with van der Waals surface area (Å²) in [5.41, 5.74) is 2.06. The molecule has 1 fully saturated rings. The van der Waals surface area contributed by atoms with Gasteiger partial charge >= 0.3 is 0 Å². The molecular formula is C20H24N2O. The Morgan fingerprint density at radius 1 is 0.957 bits per heavy atom. The minimum Gasteiger partial charge on any atom is -0.350 e. The first kappa shape index (κ1) is 15.8. The van der Waals surface area contributed by atoms with Gasteiger partial charge in [0.25, 0.3) is 5.91 Å². The second-order valence-corrected chi connectivity index (χ2v) is 6.16. The van der Waals surface area contributed by atoms with E-state index < -0.39 is 0 Å². The number of likely N-dealkylation sites (tertiary alicyclic amines) is 1. The van der Waals surface area contributed by atoms with Crippen molar-refractivity contribution in [3.05, 3.63) is 71.8 Å².